The van der Waals surface area contributed by atoms with Crippen molar-refractivity contribution in [1.29, 1.82) is 0 Å². The van der Waals surface area contributed by atoms with Gasteiger partial charge < -0.3 is 10.9 Å². The lowest BCUT2D eigenvalue weighted by Crippen LogP contribution is -1.97. The standard InChI is InChI=1S/C29H25N3O2S/c1-2-26(22-11-13-24(14-12-22)29-31-16-17-35-29)28(25-5-3-4-21(18-25)19-32-30)23-9-6-20(7-10-23)8-15-27(33)34/h3-19H,2,30H2,1H3,(H,33,34)/b15-8+,28-26+,32-19-. The minimum absolute atomic E-state index is 0.821. The second-order valence-corrected chi connectivity index (χ2v) is 8.71. The molecule has 1 heterocycles. The van der Waals surface area contributed by atoms with Gasteiger partial charge in [0.1, 0.15) is 5.01 Å². The third-order valence-electron chi connectivity index (χ3n) is 5.58. The lowest BCUT2D eigenvalue weighted by molar-refractivity contribution is -0.131. The van der Waals surface area contributed by atoms with Crippen molar-refractivity contribution >= 4 is 40.7 Å². The van der Waals surface area contributed by atoms with Crippen LogP contribution in [0.1, 0.15) is 41.2 Å². The second kappa shape index (κ2) is 11.2. The van der Waals surface area contributed by atoms with E-state index in [1.165, 1.54) is 5.57 Å². The first-order valence-corrected chi connectivity index (χ1v) is 12.1. The maximum Gasteiger partial charge on any atom is 0.328 e. The first-order chi connectivity index (χ1) is 17.1. The number of aliphatic carboxylic acids is 1. The minimum Gasteiger partial charge on any atom is -0.478 e. The van der Waals surface area contributed by atoms with Crippen LogP contribution in [0.2, 0.25) is 0 Å². The zero-order valence-electron chi connectivity index (χ0n) is 19.3. The smallest absolute Gasteiger partial charge is 0.328 e. The molecular formula is C29H25N3O2S. The summed E-state index contributed by atoms with van der Waals surface area (Å²) in [5.74, 6) is 4.43. The number of carbonyl (C=O) groups is 1. The summed E-state index contributed by atoms with van der Waals surface area (Å²) in [7, 11) is 0. The van der Waals surface area contributed by atoms with Gasteiger partial charge in [0.05, 0.1) is 6.21 Å². The van der Waals surface area contributed by atoms with Gasteiger partial charge >= 0.3 is 5.97 Å². The van der Waals surface area contributed by atoms with Crippen LogP contribution in [-0.2, 0) is 4.79 Å². The van der Waals surface area contributed by atoms with Crippen LogP contribution in [-0.4, -0.2) is 22.3 Å². The Morgan fingerprint density at radius 1 is 1.00 bits per heavy atom. The van der Waals surface area contributed by atoms with Crippen molar-refractivity contribution in [2.24, 2.45) is 10.9 Å². The summed E-state index contributed by atoms with van der Waals surface area (Å²) in [6, 6.07) is 24.5. The highest BCUT2D eigenvalue weighted by Gasteiger charge is 2.14. The van der Waals surface area contributed by atoms with Gasteiger partial charge in [0.15, 0.2) is 0 Å². The van der Waals surface area contributed by atoms with Gasteiger partial charge in [-0.05, 0) is 57.5 Å². The number of thiazole rings is 1. The molecule has 0 saturated carbocycles. The van der Waals surface area contributed by atoms with Gasteiger partial charge in [-0.2, -0.15) is 5.10 Å². The van der Waals surface area contributed by atoms with Gasteiger partial charge in [0, 0.05) is 23.2 Å². The SMILES string of the molecule is CC/C(=C(/c1ccc(/C=C/C(=O)O)cc1)c1cccc(/C=N\N)c1)c1ccc(-c2nccs2)cc1. The number of carboxylic acid groups (broad SMARTS) is 1. The number of aromatic nitrogens is 1. The zero-order valence-corrected chi connectivity index (χ0v) is 20.1. The van der Waals surface area contributed by atoms with Crippen LogP contribution < -0.4 is 5.84 Å². The average molecular weight is 480 g/mol. The quantitative estimate of drug-likeness (QED) is 0.0983. The molecule has 0 fully saturated rings. The van der Waals surface area contributed by atoms with Crippen molar-refractivity contribution in [3.8, 4) is 10.6 Å². The highest BCUT2D eigenvalue weighted by Crippen LogP contribution is 2.35. The van der Waals surface area contributed by atoms with E-state index >= 15 is 0 Å². The summed E-state index contributed by atoms with van der Waals surface area (Å²) >= 11 is 1.62. The van der Waals surface area contributed by atoms with E-state index in [0.717, 1.165) is 56.5 Å². The lowest BCUT2D eigenvalue weighted by Gasteiger charge is -2.17. The van der Waals surface area contributed by atoms with Crippen molar-refractivity contribution < 1.29 is 9.90 Å². The van der Waals surface area contributed by atoms with Crippen LogP contribution in [0.25, 0.3) is 27.8 Å². The van der Waals surface area contributed by atoms with Gasteiger partial charge in [0.25, 0.3) is 0 Å². The first kappa shape index (κ1) is 23.9. The third-order valence-corrected chi connectivity index (χ3v) is 6.41. The van der Waals surface area contributed by atoms with Crippen LogP contribution in [0, 0.1) is 0 Å². The molecule has 0 radical (unpaired) electrons. The molecule has 4 aromatic rings. The Labute approximate surface area is 208 Å². The number of hydrogen-bond donors (Lipinski definition) is 2. The Hall–Kier alpha value is -4.29. The van der Waals surface area contributed by atoms with Crippen LogP contribution >= 0.6 is 11.3 Å². The molecule has 0 aliphatic rings. The summed E-state index contributed by atoms with van der Waals surface area (Å²) in [5.41, 5.74) is 8.37. The summed E-state index contributed by atoms with van der Waals surface area (Å²) in [6.07, 6.45) is 7.00. The van der Waals surface area contributed by atoms with E-state index in [9.17, 15) is 4.79 Å². The predicted molar refractivity (Wildman–Crippen MR) is 145 cm³/mol. The molecule has 5 nitrogen and oxygen atoms in total. The molecule has 0 spiro atoms. The normalized spacial score (nSPS) is 12.3. The van der Waals surface area contributed by atoms with Crippen molar-refractivity contribution in [1.82, 2.24) is 4.98 Å². The van der Waals surface area contributed by atoms with E-state index in [4.69, 9.17) is 10.9 Å². The molecule has 3 N–H and O–H groups in total. The summed E-state index contributed by atoms with van der Waals surface area (Å²) in [5, 5.41) is 15.6. The lowest BCUT2D eigenvalue weighted by atomic mass is 9.87. The Morgan fingerprint density at radius 3 is 2.37 bits per heavy atom. The number of carboxylic acids is 1. The van der Waals surface area contributed by atoms with Crippen LogP contribution in [0.4, 0.5) is 0 Å². The van der Waals surface area contributed by atoms with Crippen LogP contribution in [0.5, 0.6) is 0 Å². The number of nitrogens with zero attached hydrogens (tertiary/aromatic N) is 2. The van der Waals surface area contributed by atoms with Crippen molar-refractivity contribution in [2.75, 3.05) is 0 Å². The molecule has 174 valence electrons. The molecule has 0 bridgehead atoms. The van der Waals surface area contributed by atoms with E-state index in [0.29, 0.717) is 0 Å². The maximum atomic E-state index is 10.9. The number of rotatable bonds is 8. The fourth-order valence-corrected chi connectivity index (χ4v) is 4.65. The minimum atomic E-state index is -0.970. The molecule has 0 amide bonds. The van der Waals surface area contributed by atoms with Crippen molar-refractivity contribution in [2.45, 2.75) is 13.3 Å². The molecule has 0 unspecified atom stereocenters. The van der Waals surface area contributed by atoms with Crippen LogP contribution in [0.15, 0.2) is 95.6 Å². The number of benzene rings is 3. The van der Waals surface area contributed by atoms with E-state index in [1.807, 2.05) is 48.0 Å². The Bertz CT molecular complexity index is 1380. The molecule has 1 aromatic heterocycles. The number of nitrogens with two attached hydrogens (primary N) is 1. The molecule has 0 aliphatic carbocycles. The topological polar surface area (TPSA) is 88.6 Å². The largest absolute Gasteiger partial charge is 0.478 e. The molecule has 0 atom stereocenters. The van der Waals surface area contributed by atoms with Crippen molar-refractivity contribution in [3.05, 3.63) is 118 Å². The highest BCUT2D eigenvalue weighted by molar-refractivity contribution is 7.13. The molecule has 4 rings (SSSR count). The van der Waals surface area contributed by atoms with Gasteiger partial charge in [-0.1, -0.05) is 73.7 Å². The third kappa shape index (κ3) is 5.80. The second-order valence-electron chi connectivity index (χ2n) is 7.82. The zero-order chi connectivity index (χ0) is 24.6. The molecular weight excluding hydrogens is 454 g/mol. The first-order valence-electron chi connectivity index (χ1n) is 11.2. The van der Waals surface area contributed by atoms with E-state index in [1.54, 1.807) is 23.6 Å². The van der Waals surface area contributed by atoms with Crippen molar-refractivity contribution in [3.63, 3.8) is 0 Å². The van der Waals surface area contributed by atoms with Gasteiger partial charge in [-0.3, -0.25) is 0 Å². The number of hydrazone groups is 1. The molecule has 3 aromatic carbocycles. The monoisotopic (exact) mass is 479 g/mol. The predicted octanol–water partition coefficient (Wildman–Crippen LogP) is 6.57. The van der Waals surface area contributed by atoms with E-state index < -0.39 is 5.97 Å². The molecule has 0 aliphatic heterocycles. The van der Waals surface area contributed by atoms with E-state index in [-0.39, 0.29) is 0 Å². The fraction of sp³-hybridized carbons (Fsp3) is 0.0690. The van der Waals surface area contributed by atoms with Gasteiger partial charge in [0.2, 0.25) is 0 Å². The average Bonchev–Trinajstić information content (AvgIpc) is 3.42. The summed E-state index contributed by atoms with van der Waals surface area (Å²) in [4.78, 5) is 15.3. The number of allylic oxidation sites excluding steroid dienone is 1. The summed E-state index contributed by atoms with van der Waals surface area (Å²) in [6.45, 7) is 2.15. The Kier molecular flexibility index (Phi) is 7.65. The molecule has 35 heavy (non-hydrogen) atoms. The van der Waals surface area contributed by atoms with Gasteiger partial charge in [-0.25, -0.2) is 9.78 Å². The molecule has 0 saturated heterocycles. The Balaban J connectivity index is 1.85. The molecule has 6 heteroatoms. The summed E-state index contributed by atoms with van der Waals surface area (Å²) < 4.78 is 0. The maximum absolute atomic E-state index is 10.9. The van der Waals surface area contributed by atoms with Gasteiger partial charge in [-0.15, -0.1) is 11.3 Å². The number of hydrogen-bond acceptors (Lipinski definition) is 5. The Morgan fingerprint density at radius 2 is 1.74 bits per heavy atom. The van der Waals surface area contributed by atoms with Crippen LogP contribution in [0.3, 0.4) is 0 Å². The highest BCUT2D eigenvalue weighted by atomic mass is 32.1. The van der Waals surface area contributed by atoms with E-state index in [2.05, 4.69) is 53.4 Å². The fourth-order valence-electron chi connectivity index (χ4n) is 4.01.